The maximum Gasteiger partial charge on any atom is 0.162 e. The van der Waals surface area contributed by atoms with Gasteiger partial charge < -0.3 is 20.3 Å². The summed E-state index contributed by atoms with van der Waals surface area (Å²) in [6.07, 6.45) is 0. The van der Waals surface area contributed by atoms with Gasteiger partial charge in [-0.1, -0.05) is 35.9 Å². The van der Waals surface area contributed by atoms with Crippen LogP contribution in [0, 0.1) is 0 Å². The highest BCUT2D eigenvalue weighted by atomic mass is 35.5. The molecule has 0 atom stereocenters. The van der Waals surface area contributed by atoms with E-state index in [2.05, 4.69) is 5.32 Å². The van der Waals surface area contributed by atoms with Gasteiger partial charge in [-0.15, -0.1) is 0 Å². The third kappa shape index (κ3) is 4.11. The van der Waals surface area contributed by atoms with Crippen LogP contribution < -0.4 is 10.1 Å². The molecule has 0 bridgehead atoms. The summed E-state index contributed by atoms with van der Waals surface area (Å²) in [6.45, 7) is 1.17. The molecule has 2 aromatic carbocycles. The van der Waals surface area contributed by atoms with Gasteiger partial charge in [-0.25, -0.2) is 0 Å². The van der Waals surface area contributed by atoms with Crippen molar-refractivity contribution in [1.29, 1.82) is 0 Å². The molecule has 0 aliphatic carbocycles. The summed E-state index contributed by atoms with van der Waals surface area (Å²) in [4.78, 5) is 0. The predicted molar refractivity (Wildman–Crippen MR) is 82.6 cm³/mol. The number of hydrogen-bond acceptors (Lipinski definition) is 4. The topological polar surface area (TPSA) is 61.7 Å². The summed E-state index contributed by atoms with van der Waals surface area (Å²) in [7, 11) is 1.49. The number of phenols is 1. The van der Waals surface area contributed by atoms with Crippen LogP contribution in [0.3, 0.4) is 0 Å². The summed E-state index contributed by atoms with van der Waals surface area (Å²) in [5, 5.41) is 22.8. The summed E-state index contributed by atoms with van der Waals surface area (Å²) in [5.74, 6) is 0.469. The Morgan fingerprint density at radius 2 is 1.76 bits per heavy atom. The van der Waals surface area contributed by atoms with Gasteiger partial charge in [0.05, 0.1) is 13.7 Å². The largest absolute Gasteiger partial charge is 0.504 e. The number of aliphatic hydroxyl groups excluding tert-OH is 1. The number of aromatic hydroxyl groups is 1. The zero-order valence-corrected chi connectivity index (χ0v) is 12.5. The zero-order valence-electron chi connectivity index (χ0n) is 11.8. The van der Waals surface area contributed by atoms with E-state index in [4.69, 9.17) is 21.4 Å². The molecule has 112 valence electrons. The van der Waals surface area contributed by atoms with E-state index in [0.717, 1.165) is 11.1 Å². The van der Waals surface area contributed by atoms with E-state index in [9.17, 15) is 5.11 Å². The summed E-state index contributed by atoms with van der Waals surface area (Å²) in [6, 6.07) is 11.0. The third-order valence-electron chi connectivity index (χ3n) is 3.19. The Kier molecular flexibility index (Phi) is 5.44. The van der Waals surface area contributed by atoms with E-state index in [1.807, 2.05) is 24.3 Å². The number of nitrogens with one attached hydrogen (secondary N) is 1. The number of halogens is 1. The van der Waals surface area contributed by atoms with Crippen LogP contribution in [-0.2, 0) is 19.7 Å². The lowest BCUT2D eigenvalue weighted by Gasteiger charge is -2.11. The van der Waals surface area contributed by atoms with Crippen molar-refractivity contribution in [2.24, 2.45) is 0 Å². The number of hydrogen-bond donors (Lipinski definition) is 3. The Morgan fingerprint density at radius 3 is 2.38 bits per heavy atom. The second-order valence-corrected chi connectivity index (χ2v) is 5.13. The molecule has 2 aromatic rings. The Bertz CT molecular complexity index is 599. The number of benzene rings is 2. The quantitative estimate of drug-likeness (QED) is 0.768. The Morgan fingerprint density at radius 1 is 1.10 bits per heavy atom. The van der Waals surface area contributed by atoms with Crippen molar-refractivity contribution in [3.63, 3.8) is 0 Å². The molecule has 5 heteroatoms. The molecule has 0 heterocycles. The van der Waals surface area contributed by atoms with Gasteiger partial charge in [-0.05, 0) is 17.2 Å². The average Bonchev–Trinajstić information content (AvgIpc) is 2.51. The minimum absolute atomic E-state index is 0.0455. The van der Waals surface area contributed by atoms with E-state index in [1.54, 1.807) is 12.1 Å². The van der Waals surface area contributed by atoms with Crippen LogP contribution in [0.5, 0.6) is 11.5 Å². The van der Waals surface area contributed by atoms with Gasteiger partial charge in [0.15, 0.2) is 11.5 Å². The lowest BCUT2D eigenvalue weighted by atomic mass is 10.1. The smallest absolute Gasteiger partial charge is 0.162 e. The molecule has 0 aliphatic heterocycles. The second-order valence-electron chi connectivity index (χ2n) is 4.69. The Hall–Kier alpha value is -1.75. The van der Waals surface area contributed by atoms with Gasteiger partial charge in [0.2, 0.25) is 0 Å². The van der Waals surface area contributed by atoms with Crippen LogP contribution in [-0.4, -0.2) is 17.3 Å². The zero-order chi connectivity index (χ0) is 15.2. The molecular weight excluding hydrogens is 290 g/mol. The standard InChI is InChI=1S/C16H18ClNO3/c1-21-15-7-14(17)6-13(16(15)20)9-18-8-11-2-4-12(10-19)5-3-11/h2-7,18-20H,8-10H2,1H3. The lowest BCUT2D eigenvalue weighted by Crippen LogP contribution is -2.13. The molecular formula is C16H18ClNO3. The van der Waals surface area contributed by atoms with E-state index in [-0.39, 0.29) is 12.4 Å². The first-order valence-electron chi connectivity index (χ1n) is 6.59. The molecule has 0 aliphatic rings. The van der Waals surface area contributed by atoms with Crippen molar-refractivity contribution in [3.05, 3.63) is 58.1 Å². The molecule has 0 aromatic heterocycles. The van der Waals surface area contributed by atoms with Gasteiger partial charge in [0.1, 0.15) is 0 Å². The summed E-state index contributed by atoms with van der Waals surface area (Å²) >= 11 is 5.99. The van der Waals surface area contributed by atoms with Crippen molar-refractivity contribution in [3.8, 4) is 11.5 Å². The Balaban J connectivity index is 1.98. The van der Waals surface area contributed by atoms with Crippen LogP contribution in [0.25, 0.3) is 0 Å². The fourth-order valence-electron chi connectivity index (χ4n) is 2.02. The van der Waals surface area contributed by atoms with Gasteiger partial charge >= 0.3 is 0 Å². The third-order valence-corrected chi connectivity index (χ3v) is 3.41. The van der Waals surface area contributed by atoms with Crippen molar-refractivity contribution < 1.29 is 14.9 Å². The van der Waals surface area contributed by atoms with E-state index < -0.39 is 0 Å². The van der Waals surface area contributed by atoms with E-state index in [1.165, 1.54) is 7.11 Å². The maximum absolute atomic E-state index is 10.0. The molecule has 0 spiro atoms. The fourth-order valence-corrected chi connectivity index (χ4v) is 2.25. The van der Waals surface area contributed by atoms with Crippen LogP contribution in [0.15, 0.2) is 36.4 Å². The average molecular weight is 308 g/mol. The SMILES string of the molecule is COc1cc(Cl)cc(CNCc2ccc(CO)cc2)c1O. The first kappa shape index (κ1) is 15.6. The molecule has 2 rings (SSSR count). The highest BCUT2D eigenvalue weighted by Gasteiger charge is 2.09. The van der Waals surface area contributed by atoms with Crippen molar-refractivity contribution in [2.75, 3.05) is 7.11 Å². The molecule has 0 fully saturated rings. The predicted octanol–water partition coefficient (Wildman–Crippen LogP) is 2.84. The molecule has 0 radical (unpaired) electrons. The molecule has 0 saturated heterocycles. The lowest BCUT2D eigenvalue weighted by molar-refractivity contribution is 0.282. The van der Waals surface area contributed by atoms with Crippen LogP contribution in [0.1, 0.15) is 16.7 Å². The Labute approximate surface area is 129 Å². The van der Waals surface area contributed by atoms with Crippen molar-refractivity contribution in [2.45, 2.75) is 19.7 Å². The van der Waals surface area contributed by atoms with Crippen LogP contribution in [0.4, 0.5) is 0 Å². The first-order valence-corrected chi connectivity index (χ1v) is 6.96. The highest BCUT2D eigenvalue weighted by molar-refractivity contribution is 6.30. The van der Waals surface area contributed by atoms with Crippen molar-refractivity contribution >= 4 is 11.6 Å². The van der Waals surface area contributed by atoms with Crippen molar-refractivity contribution in [1.82, 2.24) is 5.32 Å². The van der Waals surface area contributed by atoms with Gasteiger partial charge in [0, 0.05) is 29.7 Å². The van der Waals surface area contributed by atoms with Gasteiger partial charge in [-0.3, -0.25) is 0 Å². The number of phenolic OH excluding ortho intramolecular Hbond substituents is 1. The molecule has 4 nitrogen and oxygen atoms in total. The summed E-state index contributed by atoms with van der Waals surface area (Å²) < 4.78 is 5.07. The number of ether oxygens (including phenoxy) is 1. The minimum Gasteiger partial charge on any atom is -0.504 e. The molecule has 21 heavy (non-hydrogen) atoms. The first-order chi connectivity index (χ1) is 10.1. The highest BCUT2D eigenvalue weighted by Crippen LogP contribution is 2.33. The number of methoxy groups -OCH3 is 1. The number of rotatable bonds is 6. The second kappa shape index (κ2) is 7.31. The number of aliphatic hydroxyl groups is 1. The minimum atomic E-state index is 0.0455. The molecule has 0 unspecified atom stereocenters. The normalized spacial score (nSPS) is 10.6. The van der Waals surface area contributed by atoms with Gasteiger partial charge in [-0.2, -0.15) is 0 Å². The van der Waals surface area contributed by atoms with E-state index >= 15 is 0 Å². The van der Waals surface area contributed by atoms with Crippen LogP contribution in [0.2, 0.25) is 5.02 Å². The maximum atomic E-state index is 10.0. The van der Waals surface area contributed by atoms with Crippen LogP contribution >= 0.6 is 11.6 Å². The molecule has 3 N–H and O–H groups in total. The monoisotopic (exact) mass is 307 g/mol. The van der Waals surface area contributed by atoms with E-state index in [0.29, 0.717) is 29.4 Å². The summed E-state index contributed by atoms with van der Waals surface area (Å²) in [5.41, 5.74) is 2.67. The fraction of sp³-hybridized carbons (Fsp3) is 0.250. The van der Waals surface area contributed by atoms with Gasteiger partial charge in [0.25, 0.3) is 0 Å². The molecule has 0 amide bonds. The molecule has 0 saturated carbocycles.